The lowest BCUT2D eigenvalue weighted by molar-refractivity contribution is -0.0608. The van der Waals surface area contributed by atoms with Gasteiger partial charge in [0.1, 0.15) is 0 Å². The van der Waals surface area contributed by atoms with Gasteiger partial charge in [0.2, 0.25) is 0 Å². The molecule has 0 fully saturated rings. The Hall–Kier alpha value is -0.103. The van der Waals surface area contributed by atoms with Gasteiger partial charge in [0, 0.05) is 24.2 Å². The standard InChI is InChI=1S/C20H48N4O4Si/c1-17(21(5)6)13-25-29(26-14-18(2)22(7)8,27-15-19(3)23(9)10)28-16-20(4)24(11)12/h17-20H,13-16H2,1-12H3. The predicted molar refractivity (Wildman–Crippen MR) is 122 cm³/mol. The zero-order valence-electron chi connectivity index (χ0n) is 21.1. The third kappa shape index (κ3) is 11.8. The Kier molecular flexibility index (Phi) is 14.0. The summed E-state index contributed by atoms with van der Waals surface area (Å²) in [5, 5.41) is 0. The van der Waals surface area contributed by atoms with Crippen molar-refractivity contribution < 1.29 is 17.7 Å². The molecule has 29 heavy (non-hydrogen) atoms. The van der Waals surface area contributed by atoms with E-state index in [2.05, 4.69) is 47.3 Å². The molecule has 0 amide bonds. The van der Waals surface area contributed by atoms with Gasteiger partial charge in [0.25, 0.3) is 0 Å². The van der Waals surface area contributed by atoms with Crippen LogP contribution in [-0.4, -0.2) is 136 Å². The van der Waals surface area contributed by atoms with Gasteiger partial charge < -0.3 is 37.3 Å². The second-order valence-corrected chi connectivity index (χ2v) is 11.1. The van der Waals surface area contributed by atoms with Crippen LogP contribution in [0.2, 0.25) is 0 Å². The van der Waals surface area contributed by atoms with Gasteiger partial charge in [-0.15, -0.1) is 0 Å². The van der Waals surface area contributed by atoms with Crippen molar-refractivity contribution in [2.75, 3.05) is 82.8 Å². The maximum absolute atomic E-state index is 6.32. The van der Waals surface area contributed by atoms with Gasteiger partial charge in [0.05, 0.1) is 26.4 Å². The van der Waals surface area contributed by atoms with Crippen LogP contribution in [0.3, 0.4) is 0 Å². The summed E-state index contributed by atoms with van der Waals surface area (Å²) < 4.78 is 25.3. The molecule has 4 atom stereocenters. The molecule has 0 heterocycles. The average Bonchev–Trinajstić information content (AvgIpc) is 2.64. The molecule has 0 saturated heterocycles. The maximum atomic E-state index is 6.32. The summed E-state index contributed by atoms with van der Waals surface area (Å²) in [6, 6.07) is 0.894. The van der Waals surface area contributed by atoms with Gasteiger partial charge in [-0.25, -0.2) is 0 Å². The number of hydrogen-bond acceptors (Lipinski definition) is 8. The first kappa shape index (κ1) is 28.9. The molecule has 4 unspecified atom stereocenters. The fourth-order valence-corrected chi connectivity index (χ4v) is 4.02. The smallest absolute Gasteiger partial charge is 0.350 e. The van der Waals surface area contributed by atoms with Gasteiger partial charge in [-0.3, -0.25) is 0 Å². The van der Waals surface area contributed by atoms with Gasteiger partial charge >= 0.3 is 9.05 Å². The van der Waals surface area contributed by atoms with Crippen LogP contribution in [0, 0.1) is 0 Å². The molecule has 0 bridgehead atoms. The summed E-state index contributed by atoms with van der Waals surface area (Å²) >= 11 is 0. The van der Waals surface area contributed by atoms with E-state index in [0.29, 0.717) is 26.4 Å². The van der Waals surface area contributed by atoms with Crippen LogP contribution in [0.4, 0.5) is 0 Å². The Morgan fingerprint density at radius 1 is 0.448 bits per heavy atom. The molecule has 0 rings (SSSR count). The Labute approximate surface area is 181 Å². The highest BCUT2D eigenvalue weighted by Crippen LogP contribution is 2.17. The molecule has 9 heteroatoms. The molecule has 0 aliphatic carbocycles. The van der Waals surface area contributed by atoms with Crippen molar-refractivity contribution in [1.29, 1.82) is 0 Å². The summed E-state index contributed by atoms with van der Waals surface area (Å²) in [5.41, 5.74) is 0. The molecule has 0 aromatic rings. The zero-order valence-corrected chi connectivity index (χ0v) is 22.1. The molecule has 0 spiro atoms. The minimum Gasteiger partial charge on any atom is -0.350 e. The SMILES string of the molecule is CC(CO[Si](OCC(C)N(C)C)(OCC(C)N(C)C)OCC(C)N(C)C)N(C)C. The van der Waals surface area contributed by atoms with E-state index < -0.39 is 9.05 Å². The van der Waals surface area contributed by atoms with Crippen molar-refractivity contribution in [3.8, 4) is 0 Å². The van der Waals surface area contributed by atoms with Crippen LogP contribution in [-0.2, 0) is 17.7 Å². The molecule has 0 radical (unpaired) electrons. The molecular formula is C20H48N4O4Si. The first-order valence-corrected chi connectivity index (χ1v) is 12.2. The third-order valence-corrected chi connectivity index (χ3v) is 7.61. The molecule has 0 saturated carbocycles. The lowest BCUT2D eigenvalue weighted by atomic mass is 10.3. The lowest BCUT2D eigenvalue weighted by Crippen LogP contribution is -2.55. The fraction of sp³-hybridized carbons (Fsp3) is 1.00. The summed E-state index contributed by atoms with van der Waals surface area (Å²) in [5.74, 6) is 0. The molecule has 0 aromatic heterocycles. The van der Waals surface area contributed by atoms with Crippen LogP contribution < -0.4 is 0 Å². The number of nitrogens with zero attached hydrogens (tertiary/aromatic N) is 4. The van der Waals surface area contributed by atoms with Crippen molar-refractivity contribution in [2.45, 2.75) is 51.9 Å². The zero-order chi connectivity index (χ0) is 22.8. The van der Waals surface area contributed by atoms with Crippen molar-refractivity contribution in [3.63, 3.8) is 0 Å². The Morgan fingerprint density at radius 3 is 0.759 bits per heavy atom. The molecule has 0 N–H and O–H groups in total. The van der Waals surface area contributed by atoms with Crippen LogP contribution in [0.15, 0.2) is 0 Å². The van der Waals surface area contributed by atoms with Crippen LogP contribution in [0.25, 0.3) is 0 Å². The van der Waals surface area contributed by atoms with E-state index in [0.717, 1.165) is 0 Å². The Morgan fingerprint density at radius 2 is 0.621 bits per heavy atom. The Balaban J connectivity index is 5.47. The minimum atomic E-state index is -3.34. The highest BCUT2D eigenvalue weighted by molar-refractivity contribution is 6.53. The predicted octanol–water partition coefficient (Wildman–Crippen LogP) is 1.29. The average molecular weight is 437 g/mol. The van der Waals surface area contributed by atoms with Crippen molar-refractivity contribution in [2.24, 2.45) is 0 Å². The van der Waals surface area contributed by atoms with Crippen molar-refractivity contribution >= 4 is 9.05 Å². The molecule has 0 aliphatic rings. The maximum Gasteiger partial charge on any atom is 0.679 e. The van der Waals surface area contributed by atoms with Crippen LogP contribution in [0.5, 0.6) is 0 Å². The van der Waals surface area contributed by atoms with Crippen LogP contribution >= 0.6 is 0 Å². The van der Waals surface area contributed by atoms with Gasteiger partial charge in [-0.1, -0.05) is 0 Å². The van der Waals surface area contributed by atoms with E-state index in [4.69, 9.17) is 17.7 Å². The molecule has 0 aliphatic heterocycles. The fourth-order valence-electron chi connectivity index (χ4n) is 1.74. The summed E-state index contributed by atoms with van der Waals surface area (Å²) in [7, 11) is 13.0. The van der Waals surface area contributed by atoms with E-state index in [9.17, 15) is 0 Å². The third-order valence-electron chi connectivity index (χ3n) is 5.53. The van der Waals surface area contributed by atoms with Gasteiger partial charge in [-0.2, -0.15) is 0 Å². The second kappa shape index (κ2) is 14.1. The number of hydrogen-bond donors (Lipinski definition) is 0. The van der Waals surface area contributed by atoms with Gasteiger partial charge in [-0.05, 0) is 84.1 Å². The number of likely N-dealkylation sites (N-methyl/N-ethyl adjacent to an activating group) is 4. The number of rotatable bonds is 16. The minimum absolute atomic E-state index is 0.224. The van der Waals surface area contributed by atoms with Gasteiger partial charge in [0.15, 0.2) is 0 Å². The van der Waals surface area contributed by atoms with Crippen molar-refractivity contribution in [1.82, 2.24) is 19.6 Å². The van der Waals surface area contributed by atoms with Crippen molar-refractivity contribution in [3.05, 3.63) is 0 Å². The summed E-state index contributed by atoms with van der Waals surface area (Å²) in [6.45, 7) is 10.4. The highest BCUT2D eigenvalue weighted by Gasteiger charge is 2.47. The first-order chi connectivity index (χ1) is 13.3. The topological polar surface area (TPSA) is 49.9 Å². The largest absolute Gasteiger partial charge is 0.679 e. The first-order valence-electron chi connectivity index (χ1n) is 10.5. The molecule has 8 nitrogen and oxygen atoms in total. The quantitative estimate of drug-likeness (QED) is 0.336. The monoisotopic (exact) mass is 436 g/mol. The molecule has 0 aromatic carbocycles. The van der Waals surface area contributed by atoms with E-state index in [1.807, 2.05) is 56.4 Å². The van der Waals surface area contributed by atoms with E-state index >= 15 is 0 Å². The van der Waals surface area contributed by atoms with E-state index in [1.54, 1.807) is 0 Å². The normalized spacial score (nSPS) is 19.0. The second-order valence-electron chi connectivity index (χ2n) is 8.99. The molecular weight excluding hydrogens is 388 g/mol. The van der Waals surface area contributed by atoms with Crippen LogP contribution in [0.1, 0.15) is 27.7 Å². The summed E-state index contributed by atoms with van der Waals surface area (Å²) in [6.07, 6.45) is 0. The summed E-state index contributed by atoms with van der Waals surface area (Å²) in [4.78, 5) is 8.47. The Bertz CT molecular complexity index is 350. The van der Waals surface area contributed by atoms with E-state index in [-0.39, 0.29) is 24.2 Å². The molecule has 176 valence electrons. The lowest BCUT2D eigenvalue weighted by Gasteiger charge is -2.34. The van der Waals surface area contributed by atoms with E-state index in [1.165, 1.54) is 0 Å². The highest BCUT2D eigenvalue weighted by atomic mass is 28.4.